The van der Waals surface area contributed by atoms with E-state index in [1.54, 1.807) is 0 Å². The fourth-order valence-corrected chi connectivity index (χ4v) is 0. The average Bonchev–Trinajstić information content (AvgIpc) is 1.19. The molecule has 0 atom stereocenters. The third-order valence-electron chi connectivity index (χ3n) is 0. The number of carbonyl (C=O) groups is 1. The minimum Gasteiger partial charge on any atom is -1.00 e. The van der Waals surface area contributed by atoms with Crippen molar-refractivity contribution in [2.75, 3.05) is 0 Å². The number of rotatable bonds is 0. The van der Waals surface area contributed by atoms with Crippen LogP contribution in [0.5, 0.6) is 0 Å². The Morgan fingerprint density at radius 2 is 1.17 bits per heavy atom. The largest absolute Gasteiger partial charge is 2.00 e. The number of hydrogen-bond donors (Lipinski definition) is 5. The van der Waals surface area contributed by atoms with E-state index in [1.165, 1.54) is 0 Å². The van der Waals surface area contributed by atoms with E-state index in [0.717, 1.165) is 0 Å². The van der Waals surface area contributed by atoms with Gasteiger partial charge in [0.25, 0.3) is 0 Å². The zero-order chi connectivity index (χ0) is 8.08. The van der Waals surface area contributed by atoms with Gasteiger partial charge in [-0.25, -0.2) is 9.36 Å². The van der Waals surface area contributed by atoms with Crippen molar-refractivity contribution in [3.8, 4) is 0 Å². The predicted molar refractivity (Wildman–Crippen MR) is 43.4 cm³/mol. The molecule has 0 aromatic rings. The molecule has 0 spiro atoms. The molecule has 0 fully saturated rings. The second kappa shape index (κ2) is 15.5. The van der Waals surface area contributed by atoms with Gasteiger partial charge in [0.05, 0.1) is 0 Å². The van der Waals surface area contributed by atoms with E-state index in [9.17, 15) is 0 Å². The summed E-state index contributed by atoms with van der Waals surface area (Å²) in [6, 6.07) is 0. The van der Waals surface area contributed by atoms with Crippen molar-refractivity contribution in [2.24, 2.45) is 0 Å². The van der Waals surface area contributed by atoms with Gasteiger partial charge >= 0.3 is 97.2 Å². The monoisotopic (exact) mass is 312 g/mol. The van der Waals surface area contributed by atoms with Gasteiger partial charge in [0.1, 0.15) is 0 Å². The molecular formula is CH10CaFO7PSr. The minimum absolute atomic E-state index is 0. The molecule has 0 heterocycles. The van der Waals surface area contributed by atoms with Crippen LogP contribution in [0.15, 0.2) is 0 Å². The van der Waals surface area contributed by atoms with Crippen LogP contribution >= 0.6 is 7.82 Å². The summed E-state index contributed by atoms with van der Waals surface area (Å²) in [5.74, 6) is 0. The number of halogens is 1. The van der Waals surface area contributed by atoms with E-state index in [0.29, 0.717) is 0 Å². The number of carboxylic acid groups (broad SMARTS) is 2. The molecule has 0 unspecified atom stereocenters. The van der Waals surface area contributed by atoms with E-state index >= 15 is 0 Å². The maximum Gasteiger partial charge on any atom is 2.00 e. The normalized spacial score (nSPS) is 6.92. The first kappa shape index (κ1) is 29.2. The van der Waals surface area contributed by atoms with Gasteiger partial charge in [0.15, 0.2) is 0 Å². The van der Waals surface area contributed by atoms with E-state index in [1.807, 2.05) is 0 Å². The van der Waals surface area contributed by atoms with Gasteiger partial charge in [0.2, 0.25) is 0 Å². The molecule has 0 aliphatic heterocycles. The van der Waals surface area contributed by atoms with Gasteiger partial charge < -0.3 is 30.6 Å². The fraction of sp³-hybridized carbons (Fsp3) is 0. The van der Waals surface area contributed by atoms with Gasteiger partial charge in [0, 0.05) is 0 Å². The first-order valence-corrected chi connectivity index (χ1v) is 3.00. The van der Waals surface area contributed by atoms with Crippen LogP contribution in [-0.2, 0) is 4.57 Å². The molecular weight excluding hydrogens is 302 g/mol. The molecule has 72 valence electrons. The van der Waals surface area contributed by atoms with Crippen LogP contribution in [0.3, 0.4) is 0 Å². The topological polar surface area (TPSA) is 135 Å². The molecule has 0 aromatic heterocycles. The summed E-state index contributed by atoms with van der Waals surface area (Å²) in [4.78, 5) is 30.1. The van der Waals surface area contributed by atoms with E-state index in [2.05, 4.69) is 0 Å². The first-order valence-electron chi connectivity index (χ1n) is 1.43. The fourth-order valence-electron chi connectivity index (χ4n) is 0. The zero-order valence-electron chi connectivity index (χ0n) is 9.82. The molecule has 0 rings (SSSR count). The van der Waals surface area contributed by atoms with Crippen molar-refractivity contribution in [1.29, 1.82) is 0 Å². The SMILES string of the molecule is F.O=C(O)O.O=P(O)(O)O.[Ca+2].[H-].[H-].[H-].[H-].[Sr+2]. The first-order chi connectivity index (χ1) is 3.73. The Bertz CT molecular complexity index is 136. The average molecular weight is 312 g/mol. The van der Waals surface area contributed by atoms with Crippen LogP contribution in [0.1, 0.15) is 5.71 Å². The van der Waals surface area contributed by atoms with Crippen LogP contribution in [0, 0.1) is 0 Å². The Labute approximate surface area is 140 Å². The van der Waals surface area contributed by atoms with Crippen molar-refractivity contribution in [1.82, 2.24) is 0 Å². The van der Waals surface area contributed by atoms with Gasteiger partial charge in [-0.2, -0.15) is 0 Å². The molecule has 5 N–H and O–H groups in total. The number of phosphoric acid groups is 1. The van der Waals surface area contributed by atoms with E-state index in [4.69, 9.17) is 34.3 Å². The van der Waals surface area contributed by atoms with Crippen molar-refractivity contribution in [2.45, 2.75) is 0 Å². The van der Waals surface area contributed by atoms with Crippen LogP contribution in [0.4, 0.5) is 9.50 Å². The molecule has 0 aliphatic rings. The standard InChI is InChI=1S/CH2O3.Ca.FH.H3O4P.Sr.4H/c2-1(3)4;;;1-5(2,3)4;;;;;/h(H2,2,3,4);;1H;(H3,1,2,3,4);;;;;/q;+2;;;+2;4*-1. The Hall–Kier alpha value is 2.05. The van der Waals surface area contributed by atoms with Crippen molar-refractivity contribution < 1.29 is 44.7 Å². The summed E-state index contributed by atoms with van der Waals surface area (Å²) in [6.45, 7) is 0. The molecule has 0 radical (unpaired) electrons. The maximum atomic E-state index is 8.88. The molecule has 0 bridgehead atoms. The zero-order valence-corrected chi connectivity index (χ0v) is 12.4. The van der Waals surface area contributed by atoms with Gasteiger partial charge in [-0.1, -0.05) is 0 Å². The third kappa shape index (κ3) is 350. The van der Waals surface area contributed by atoms with Crippen LogP contribution in [0.25, 0.3) is 0 Å². The second-order valence-corrected chi connectivity index (χ2v) is 1.82. The minimum atomic E-state index is -4.64. The third-order valence-corrected chi connectivity index (χ3v) is 0. The number of hydrogen-bond acceptors (Lipinski definition) is 2. The maximum absolute atomic E-state index is 8.88. The summed E-state index contributed by atoms with van der Waals surface area (Å²) in [5.41, 5.74) is 0. The second-order valence-electron chi connectivity index (χ2n) is 0.796. The van der Waals surface area contributed by atoms with Gasteiger partial charge in [-0.15, -0.1) is 0 Å². The Kier molecular flexibility index (Phi) is 37.8. The van der Waals surface area contributed by atoms with Crippen molar-refractivity contribution in [3.63, 3.8) is 0 Å². The summed E-state index contributed by atoms with van der Waals surface area (Å²) >= 11 is 0. The van der Waals surface area contributed by atoms with E-state index in [-0.39, 0.29) is 93.6 Å². The van der Waals surface area contributed by atoms with Crippen LogP contribution < -0.4 is 0 Å². The Morgan fingerprint density at radius 3 is 1.17 bits per heavy atom. The quantitative estimate of drug-likeness (QED) is 0.290. The molecule has 0 aliphatic carbocycles. The molecule has 0 saturated heterocycles. The molecule has 7 nitrogen and oxygen atoms in total. The molecule has 11 heteroatoms. The summed E-state index contributed by atoms with van der Waals surface area (Å²) in [6.07, 6.45) is -1.83. The van der Waals surface area contributed by atoms with Crippen LogP contribution in [-0.4, -0.2) is 114 Å². The van der Waals surface area contributed by atoms with Gasteiger partial charge in [-0.05, 0) is 0 Å². The Morgan fingerprint density at radius 1 is 1.17 bits per heavy atom. The summed E-state index contributed by atoms with van der Waals surface area (Å²) < 4.78 is 8.88. The van der Waals surface area contributed by atoms with E-state index < -0.39 is 14.0 Å². The molecule has 0 amide bonds. The van der Waals surface area contributed by atoms with Crippen LogP contribution in [0.2, 0.25) is 0 Å². The van der Waals surface area contributed by atoms with Crippen molar-refractivity contribution in [3.05, 3.63) is 0 Å². The molecule has 0 saturated carbocycles. The smallest absolute Gasteiger partial charge is 1.00 e. The Balaban J connectivity index is -0.00000000614. The van der Waals surface area contributed by atoms with Gasteiger partial charge in [-0.3, -0.25) is 4.70 Å². The molecule has 0 aromatic carbocycles. The summed E-state index contributed by atoms with van der Waals surface area (Å²) in [5, 5.41) is 13.9. The summed E-state index contributed by atoms with van der Waals surface area (Å²) in [7, 11) is -4.64. The molecule has 12 heavy (non-hydrogen) atoms. The van der Waals surface area contributed by atoms with Crippen molar-refractivity contribution >= 4 is 97.2 Å². The predicted octanol–water partition coefficient (Wildman–Crippen LogP) is -0.865.